The number of halogens is 2. The molecule has 1 aromatic rings. The number of hydrogen-bond donors (Lipinski definition) is 1. The van der Waals surface area contributed by atoms with Gasteiger partial charge in [0, 0.05) is 25.2 Å². The molecule has 0 aromatic heterocycles. The van der Waals surface area contributed by atoms with Crippen LogP contribution in [0.15, 0.2) is 24.3 Å². The number of piperidine rings is 1. The zero-order chi connectivity index (χ0) is 13.3. The van der Waals surface area contributed by atoms with E-state index < -0.39 is 0 Å². The number of nitrogens with one attached hydrogen (secondary N) is 1. The van der Waals surface area contributed by atoms with Gasteiger partial charge in [-0.15, -0.1) is 12.4 Å². The second kappa shape index (κ2) is 6.10. The van der Waals surface area contributed by atoms with Gasteiger partial charge in [0.05, 0.1) is 5.41 Å². The van der Waals surface area contributed by atoms with Crippen molar-refractivity contribution in [3.8, 4) is 0 Å². The van der Waals surface area contributed by atoms with Gasteiger partial charge in [0.15, 0.2) is 0 Å². The lowest BCUT2D eigenvalue weighted by atomic mass is 9.79. The van der Waals surface area contributed by atoms with Gasteiger partial charge in [-0.05, 0) is 31.9 Å². The van der Waals surface area contributed by atoms with E-state index in [0.29, 0.717) is 12.1 Å². The molecule has 0 saturated carbocycles. The molecule has 3 nitrogen and oxygen atoms in total. The molecule has 2 saturated heterocycles. The fourth-order valence-corrected chi connectivity index (χ4v) is 3.24. The highest BCUT2D eigenvalue weighted by molar-refractivity contribution is 5.85. The standard InChI is InChI=1S/C15H19FN2O.ClH/c16-13-5-2-1-4-12(13)10-18-9-7-15(14(18)19)6-3-8-17-11-15;/h1-2,4-5,17H,3,6-11H2;1H. The first-order valence-corrected chi connectivity index (χ1v) is 6.95. The first-order valence-electron chi connectivity index (χ1n) is 6.95. The molecule has 1 aromatic carbocycles. The molecule has 2 fully saturated rings. The number of benzene rings is 1. The third kappa shape index (κ3) is 2.67. The van der Waals surface area contributed by atoms with E-state index in [-0.39, 0.29) is 29.5 Å². The molecular weight excluding hydrogens is 279 g/mol. The van der Waals surface area contributed by atoms with Crippen molar-refractivity contribution in [3.05, 3.63) is 35.6 Å². The molecule has 1 spiro atoms. The maximum Gasteiger partial charge on any atom is 0.230 e. The fourth-order valence-electron chi connectivity index (χ4n) is 3.24. The molecule has 0 bridgehead atoms. The summed E-state index contributed by atoms with van der Waals surface area (Å²) in [6, 6.07) is 6.70. The molecule has 110 valence electrons. The van der Waals surface area contributed by atoms with Gasteiger partial charge in [-0.2, -0.15) is 0 Å². The molecule has 1 atom stereocenters. The van der Waals surface area contributed by atoms with Crippen LogP contribution in [0.1, 0.15) is 24.8 Å². The molecule has 2 aliphatic rings. The van der Waals surface area contributed by atoms with E-state index in [9.17, 15) is 9.18 Å². The summed E-state index contributed by atoms with van der Waals surface area (Å²) in [5, 5.41) is 3.32. The molecule has 1 unspecified atom stereocenters. The first-order chi connectivity index (χ1) is 9.21. The van der Waals surface area contributed by atoms with Crippen molar-refractivity contribution in [3.63, 3.8) is 0 Å². The lowest BCUT2D eigenvalue weighted by Crippen LogP contribution is -2.45. The van der Waals surface area contributed by atoms with Crippen LogP contribution in [0.3, 0.4) is 0 Å². The van der Waals surface area contributed by atoms with Gasteiger partial charge in [0.25, 0.3) is 0 Å². The van der Waals surface area contributed by atoms with E-state index in [1.54, 1.807) is 12.1 Å². The van der Waals surface area contributed by atoms with Crippen LogP contribution in [0.5, 0.6) is 0 Å². The van der Waals surface area contributed by atoms with Crippen molar-refractivity contribution in [2.45, 2.75) is 25.8 Å². The van der Waals surface area contributed by atoms with E-state index in [0.717, 1.165) is 38.9 Å². The summed E-state index contributed by atoms with van der Waals surface area (Å²) in [5.41, 5.74) is 0.389. The Balaban J connectivity index is 0.00000147. The molecule has 20 heavy (non-hydrogen) atoms. The van der Waals surface area contributed by atoms with Crippen LogP contribution in [0.4, 0.5) is 4.39 Å². The van der Waals surface area contributed by atoms with E-state index in [4.69, 9.17) is 0 Å². The summed E-state index contributed by atoms with van der Waals surface area (Å²) in [5.74, 6) is -0.0269. The highest BCUT2D eigenvalue weighted by Gasteiger charge is 2.46. The van der Waals surface area contributed by atoms with E-state index in [1.807, 2.05) is 11.0 Å². The van der Waals surface area contributed by atoms with Gasteiger partial charge in [-0.25, -0.2) is 4.39 Å². The van der Waals surface area contributed by atoms with Crippen LogP contribution in [0, 0.1) is 11.2 Å². The van der Waals surface area contributed by atoms with Crippen molar-refractivity contribution >= 4 is 18.3 Å². The monoisotopic (exact) mass is 298 g/mol. The van der Waals surface area contributed by atoms with Gasteiger partial charge < -0.3 is 10.2 Å². The zero-order valence-electron chi connectivity index (χ0n) is 11.4. The molecule has 1 N–H and O–H groups in total. The fraction of sp³-hybridized carbons (Fsp3) is 0.533. The van der Waals surface area contributed by atoms with Crippen LogP contribution < -0.4 is 5.32 Å². The van der Waals surface area contributed by atoms with Crippen LogP contribution in [0.25, 0.3) is 0 Å². The quantitative estimate of drug-likeness (QED) is 0.909. The summed E-state index contributed by atoms with van der Waals surface area (Å²) in [4.78, 5) is 14.4. The molecule has 0 aliphatic carbocycles. The summed E-state index contributed by atoms with van der Waals surface area (Å²) >= 11 is 0. The van der Waals surface area contributed by atoms with Gasteiger partial charge in [-0.1, -0.05) is 18.2 Å². The zero-order valence-corrected chi connectivity index (χ0v) is 12.2. The number of carbonyl (C=O) groups excluding carboxylic acids is 1. The van der Waals surface area contributed by atoms with Crippen molar-refractivity contribution in [1.82, 2.24) is 10.2 Å². The Labute approximate surface area is 124 Å². The SMILES string of the molecule is Cl.O=C1N(Cc2ccccc2F)CCC12CCCNC2. The average molecular weight is 299 g/mol. The minimum absolute atomic E-state index is 0. The lowest BCUT2D eigenvalue weighted by Gasteiger charge is -2.32. The number of rotatable bonds is 2. The first kappa shape index (κ1) is 15.3. The smallest absolute Gasteiger partial charge is 0.230 e. The maximum absolute atomic E-state index is 13.7. The van der Waals surface area contributed by atoms with Crippen molar-refractivity contribution in [1.29, 1.82) is 0 Å². The average Bonchev–Trinajstić information content (AvgIpc) is 2.72. The van der Waals surface area contributed by atoms with Gasteiger partial charge in [-0.3, -0.25) is 4.79 Å². The normalized spacial score (nSPS) is 25.9. The molecule has 1 amide bonds. The van der Waals surface area contributed by atoms with Crippen LogP contribution in [-0.4, -0.2) is 30.4 Å². The molecule has 0 radical (unpaired) electrons. The summed E-state index contributed by atoms with van der Waals surface area (Å²) in [7, 11) is 0. The number of nitrogens with zero attached hydrogens (tertiary/aromatic N) is 1. The largest absolute Gasteiger partial charge is 0.338 e. The predicted octanol–water partition coefficient (Wildman–Crippen LogP) is 2.35. The Bertz CT molecular complexity index is 489. The minimum atomic E-state index is -0.224. The van der Waals surface area contributed by atoms with Crippen molar-refractivity contribution in [2.75, 3.05) is 19.6 Å². The minimum Gasteiger partial charge on any atom is -0.338 e. The van der Waals surface area contributed by atoms with Gasteiger partial charge in [0.2, 0.25) is 5.91 Å². The Morgan fingerprint density at radius 1 is 1.30 bits per heavy atom. The second-order valence-corrected chi connectivity index (χ2v) is 5.63. The number of carbonyl (C=O) groups is 1. The van der Waals surface area contributed by atoms with Crippen LogP contribution in [0.2, 0.25) is 0 Å². The van der Waals surface area contributed by atoms with Crippen LogP contribution >= 0.6 is 12.4 Å². The molecular formula is C15H20ClFN2O. The summed E-state index contributed by atoms with van der Waals surface area (Å²) in [6.07, 6.45) is 2.92. The number of likely N-dealkylation sites (tertiary alicyclic amines) is 1. The lowest BCUT2D eigenvalue weighted by molar-refractivity contribution is -0.137. The third-order valence-corrected chi connectivity index (χ3v) is 4.39. The highest BCUT2D eigenvalue weighted by atomic mass is 35.5. The third-order valence-electron chi connectivity index (χ3n) is 4.39. The topological polar surface area (TPSA) is 32.3 Å². The van der Waals surface area contributed by atoms with Gasteiger partial charge in [0.1, 0.15) is 5.82 Å². The molecule has 5 heteroatoms. The number of hydrogen-bond acceptors (Lipinski definition) is 2. The Kier molecular flexibility index (Phi) is 4.66. The summed E-state index contributed by atoms with van der Waals surface area (Å²) in [6.45, 7) is 2.92. The molecule has 2 aliphatic heterocycles. The second-order valence-electron chi connectivity index (χ2n) is 5.63. The maximum atomic E-state index is 13.7. The van der Waals surface area contributed by atoms with E-state index >= 15 is 0 Å². The summed E-state index contributed by atoms with van der Waals surface area (Å²) < 4.78 is 13.7. The Morgan fingerprint density at radius 3 is 2.80 bits per heavy atom. The van der Waals surface area contributed by atoms with E-state index in [2.05, 4.69) is 5.32 Å². The predicted molar refractivity (Wildman–Crippen MR) is 78.2 cm³/mol. The molecule has 2 heterocycles. The van der Waals surface area contributed by atoms with Gasteiger partial charge >= 0.3 is 0 Å². The van der Waals surface area contributed by atoms with Crippen molar-refractivity contribution < 1.29 is 9.18 Å². The van der Waals surface area contributed by atoms with E-state index in [1.165, 1.54) is 6.07 Å². The number of amides is 1. The Morgan fingerprint density at radius 2 is 2.10 bits per heavy atom. The Hall–Kier alpha value is -1.13. The van der Waals surface area contributed by atoms with Crippen molar-refractivity contribution in [2.24, 2.45) is 5.41 Å². The highest BCUT2D eigenvalue weighted by Crippen LogP contribution is 2.38. The van der Waals surface area contributed by atoms with Crippen LogP contribution in [-0.2, 0) is 11.3 Å². The molecule has 3 rings (SSSR count).